The molecular weight excluding hydrogens is 276 g/mol. The van der Waals surface area contributed by atoms with Crippen molar-refractivity contribution in [1.29, 1.82) is 0 Å². The van der Waals surface area contributed by atoms with Gasteiger partial charge in [-0.2, -0.15) is 0 Å². The van der Waals surface area contributed by atoms with Crippen molar-refractivity contribution in [2.45, 2.75) is 32.9 Å². The van der Waals surface area contributed by atoms with E-state index in [0.717, 1.165) is 5.56 Å². The molecule has 0 fully saturated rings. The molecule has 4 nitrogen and oxygen atoms in total. The number of rotatable bonds is 6. The Morgan fingerprint density at radius 3 is 2.55 bits per heavy atom. The van der Waals surface area contributed by atoms with Crippen molar-refractivity contribution in [1.82, 2.24) is 10.6 Å². The van der Waals surface area contributed by atoms with Crippen LogP contribution in [-0.4, -0.2) is 23.8 Å². The zero-order chi connectivity index (χ0) is 15.9. The first-order valence-corrected chi connectivity index (χ1v) is 7.72. The molecule has 0 heterocycles. The molecule has 0 aliphatic heterocycles. The molecule has 0 saturated carbocycles. The molecule has 0 bridgehead atoms. The van der Waals surface area contributed by atoms with Crippen LogP contribution in [0, 0.1) is 5.92 Å². The molecular formula is C18H24N2O2. The maximum absolute atomic E-state index is 11.8. The van der Waals surface area contributed by atoms with Gasteiger partial charge in [-0.15, -0.1) is 0 Å². The Bertz CT molecular complexity index is 625. The summed E-state index contributed by atoms with van der Waals surface area (Å²) in [6.45, 7) is 4.84. The molecule has 0 aromatic heterocycles. The molecule has 118 valence electrons. The van der Waals surface area contributed by atoms with E-state index in [1.165, 1.54) is 10.8 Å². The summed E-state index contributed by atoms with van der Waals surface area (Å²) >= 11 is 0. The molecule has 0 aliphatic rings. The topological polar surface area (TPSA) is 61.4 Å². The Labute approximate surface area is 131 Å². The minimum atomic E-state index is -0.336. The number of amides is 2. The van der Waals surface area contributed by atoms with Gasteiger partial charge in [-0.05, 0) is 41.7 Å². The molecule has 3 N–H and O–H groups in total. The highest BCUT2D eigenvalue weighted by molar-refractivity contribution is 5.83. The Hall–Kier alpha value is -2.07. The van der Waals surface area contributed by atoms with Crippen molar-refractivity contribution in [2.75, 3.05) is 6.54 Å². The smallest absolute Gasteiger partial charge is 0.315 e. The number of hydrogen-bond donors (Lipinski definition) is 3. The Kier molecular flexibility index (Phi) is 5.78. The van der Waals surface area contributed by atoms with Crippen molar-refractivity contribution >= 4 is 16.8 Å². The van der Waals surface area contributed by atoms with Crippen LogP contribution in [0.3, 0.4) is 0 Å². The Balaban J connectivity index is 1.80. The van der Waals surface area contributed by atoms with Crippen LogP contribution in [0.1, 0.15) is 25.8 Å². The van der Waals surface area contributed by atoms with Crippen LogP contribution in [0.4, 0.5) is 4.79 Å². The summed E-state index contributed by atoms with van der Waals surface area (Å²) in [5.41, 5.74) is 1.07. The maximum atomic E-state index is 11.8. The zero-order valence-electron chi connectivity index (χ0n) is 13.2. The van der Waals surface area contributed by atoms with Crippen LogP contribution in [-0.2, 0) is 6.54 Å². The van der Waals surface area contributed by atoms with Gasteiger partial charge in [0.2, 0.25) is 0 Å². The molecule has 4 heteroatoms. The van der Waals surface area contributed by atoms with Gasteiger partial charge in [-0.3, -0.25) is 0 Å². The van der Waals surface area contributed by atoms with E-state index < -0.39 is 0 Å². The van der Waals surface area contributed by atoms with Gasteiger partial charge < -0.3 is 15.7 Å². The highest BCUT2D eigenvalue weighted by Gasteiger charge is 2.08. The number of aliphatic hydroxyl groups excluding tert-OH is 1. The average molecular weight is 300 g/mol. The normalized spacial score (nSPS) is 13.6. The van der Waals surface area contributed by atoms with E-state index in [1.54, 1.807) is 6.92 Å². The van der Waals surface area contributed by atoms with E-state index in [0.29, 0.717) is 19.5 Å². The predicted octanol–water partition coefficient (Wildman–Crippen LogP) is 3.05. The van der Waals surface area contributed by atoms with E-state index in [-0.39, 0.29) is 18.1 Å². The third-order valence-corrected chi connectivity index (χ3v) is 3.62. The molecule has 0 saturated heterocycles. The molecule has 2 aromatic carbocycles. The van der Waals surface area contributed by atoms with Gasteiger partial charge in [0.15, 0.2) is 0 Å². The van der Waals surface area contributed by atoms with E-state index >= 15 is 0 Å². The monoisotopic (exact) mass is 300 g/mol. The number of carbonyl (C=O) groups is 1. The van der Waals surface area contributed by atoms with Gasteiger partial charge in [0, 0.05) is 13.1 Å². The molecule has 22 heavy (non-hydrogen) atoms. The fourth-order valence-electron chi connectivity index (χ4n) is 2.53. The van der Waals surface area contributed by atoms with E-state index in [1.807, 2.05) is 25.1 Å². The largest absolute Gasteiger partial charge is 0.393 e. The molecule has 2 aromatic rings. The first-order valence-electron chi connectivity index (χ1n) is 7.72. The minimum absolute atomic E-state index is 0.175. The number of benzene rings is 2. The second-order valence-electron chi connectivity index (χ2n) is 5.93. The van der Waals surface area contributed by atoms with Crippen molar-refractivity contribution in [2.24, 2.45) is 5.92 Å². The lowest BCUT2D eigenvalue weighted by molar-refractivity contribution is 0.163. The summed E-state index contributed by atoms with van der Waals surface area (Å²) in [5, 5.41) is 17.4. The molecule has 0 aliphatic carbocycles. The number of carbonyl (C=O) groups excluding carboxylic acids is 1. The van der Waals surface area contributed by atoms with Crippen LogP contribution in [0.2, 0.25) is 0 Å². The minimum Gasteiger partial charge on any atom is -0.393 e. The molecule has 0 radical (unpaired) electrons. The maximum Gasteiger partial charge on any atom is 0.315 e. The Morgan fingerprint density at radius 1 is 1.09 bits per heavy atom. The highest BCUT2D eigenvalue weighted by Crippen LogP contribution is 2.15. The van der Waals surface area contributed by atoms with E-state index in [2.05, 4.69) is 34.9 Å². The zero-order valence-corrected chi connectivity index (χ0v) is 13.2. The average Bonchev–Trinajstić information content (AvgIpc) is 2.50. The van der Waals surface area contributed by atoms with Gasteiger partial charge in [-0.25, -0.2) is 4.79 Å². The summed E-state index contributed by atoms with van der Waals surface area (Å²) in [6.07, 6.45) is 0.350. The molecule has 2 unspecified atom stereocenters. The molecule has 0 spiro atoms. The highest BCUT2D eigenvalue weighted by atomic mass is 16.3. The van der Waals surface area contributed by atoms with Crippen molar-refractivity contribution in [3.05, 3.63) is 48.0 Å². The van der Waals surface area contributed by atoms with Gasteiger partial charge in [0.25, 0.3) is 0 Å². The SMILES string of the molecule is CC(O)CC(C)CNC(=O)NCc1ccc2ccccc2c1. The van der Waals surface area contributed by atoms with Gasteiger partial charge in [-0.1, -0.05) is 43.3 Å². The number of urea groups is 1. The third-order valence-electron chi connectivity index (χ3n) is 3.62. The molecule has 2 atom stereocenters. The fraction of sp³-hybridized carbons (Fsp3) is 0.389. The van der Waals surface area contributed by atoms with Gasteiger partial charge in [0.1, 0.15) is 0 Å². The molecule has 2 rings (SSSR count). The number of hydrogen-bond acceptors (Lipinski definition) is 2. The third kappa shape index (κ3) is 5.04. The predicted molar refractivity (Wildman–Crippen MR) is 89.6 cm³/mol. The first kappa shape index (κ1) is 16.3. The summed E-state index contributed by atoms with van der Waals surface area (Å²) < 4.78 is 0. The lowest BCUT2D eigenvalue weighted by atomic mass is 10.1. The lowest BCUT2D eigenvalue weighted by Gasteiger charge is -2.14. The summed E-state index contributed by atoms with van der Waals surface area (Å²) in [5.74, 6) is 0.256. The van der Waals surface area contributed by atoms with Crippen LogP contribution < -0.4 is 10.6 Å². The first-order chi connectivity index (χ1) is 10.5. The van der Waals surface area contributed by atoms with Crippen molar-refractivity contribution in [3.8, 4) is 0 Å². The van der Waals surface area contributed by atoms with Gasteiger partial charge in [0.05, 0.1) is 6.10 Å². The summed E-state index contributed by atoms with van der Waals surface area (Å²) in [7, 11) is 0. The number of fused-ring (bicyclic) bond motifs is 1. The quantitative estimate of drug-likeness (QED) is 0.768. The molecule has 2 amide bonds. The fourth-order valence-corrected chi connectivity index (χ4v) is 2.53. The Morgan fingerprint density at radius 2 is 1.82 bits per heavy atom. The number of aliphatic hydroxyl groups is 1. The second-order valence-corrected chi connectivity index (χ2v) is 5.93. The van der Waals surface area contributed by atoms with E-state index in [9.17, 15) is 9.90 Å². The summed E-state index contributed by atoms with van der Waals surface area (Å²) in [4.78, 5) is 11.8. The van der Waals surface area contributed by atoms with E-state index in [4.69, 9.17) is 0 Å². The van der Waals surface area contributed by atoms with Crippen LogP contribution >= 0.6 is 0 Å². The second kappa shape index (κ2) is 7.80. The van der Waals surface area contributed by atoms with Crippen molar-refractivity contribution < 1.29 is 9.90 Å². The van der Waals surface area contributed by atoms with Crippen LogP contribution in [0.5, 0.6) is 0 Å². The lowest BCUT2D eigenvalue weighted by Crippen LogP contribution is -2.37. The van der Waals surface area contributed by atoms with Crippen LogP contribution in [0.25, 0.3) is 10.8 Å². The van der Waals surface area contributed by atoms with Crippen LogP contribution in [0.15, 0.2) is 42.5 Å². The standard InChI is InChI=1S/C18H24N2O2/c1-13(9-14(2)21)11-19-18(22)20-12-15-7-8-16-5-3-4-6-17(16)10-15/h3-8,10,13-14,21H,9,11-12H2,1-2H3,(H2,19,20,22). The number of nitrogens with one attached hydrogen (secondary N) is 2. The van der Waals surface area contributed by atoms with Crippen molar-refractivity contribution in [3.63, 3.8) is 0 Å². The van der Waals surface area contributed by atoms with Gasteiger partial charge >= 0.3 is 6.03 Å². The summed E-state index contributed by atoms with van der Waals surface area (Å²) in [6, 6.07) is 14.2.